The molecular weight excluding hydrogens is 344 g/mol. The van der Waals surface area contributed by atoms with Gasteiger partial charge in [-0.05, 0) is 36.4 Å². The Balaban J connectivity index is 2.38. The Morgan fingerprint density at radius 3 is 2.55 bits per heavy atom. The minimum Gasteiger partial charge on any atom is -0.457 e. The highest BCUT2D eigenvalue weighted by Gasteiger charge is 2.10. The van der Waals surface area contributed by atoms with Gasteiger partial charge in [-0.15, -0.1) is 0 Å². The normalized spacial score (nSPS) is 11.1. The van der Waals surface area contributed by atoms with Gasteiger partial charge in [-0.3, -0.25) is 4.79 Å². The van der Waals surface area contributed by atoms with Crippen LogP contribution in [0.2, 0.25) is 0 Å². The largest absolute Gasteiger partial charge is 0.457 e. The van der Waals surface area contributed by atoms with Gasteiger partial charge < -0.3 is 4.74 Å². The standard InChI is InChI=1S/C14H11BrO4S/c1-20(17,18)13-4-2-3-12(8-13)19-14-6-5-11(15)7-10(14)9-16/h2-9H,1H3. The number of rotatable bonds is 4. The van der Waals surface area contributed by atoms with Gasteiger partial charge in [-0.25, -0.2) is 8.42 Å². The molecule has 104 valence electrons. The highest BCUT2D eigenvalue weighted by Crippen LogP contribution is 2.28. The zero-order valence-electron chi connectivity index (χ0n) is 10.5. The van der Waals surface area contributed by atoms with Gasteiger partial charge >= 0.3 is 0 Å². The first-order valence-electron chi connectivity index (χ1n) is 5.63. The van der Waals surface area contributed by atoms with Crippen LogP contribution in [0.5, 0.6) is 11.5 Å². The highest BCUT2D eigenvalue weighted by atomic mass is 79.9. The molecule has 0 spiro atoms. The first-order valence-corrected chi connectivity index (χ1v) is 8.31. The topological polar surface area (TPSA) is 60.4 Å². The van der Waals surface area contributed by atoms with Crippen LogP contribution in [0.3, 0.4) is 0 Å². The Labute approximate surface area is 125 Å². The maximum Gasteiger partial charge on any atom is 0.175 e. The smallest absolute Gasteiger partial charge is 0.175 e. The van der Waals surface area contributed by atoms with Crippen LogP contribution in [-0.4, -0.2) is 21.0 Å². The minimum atomic E-state index is -3.30. The number of hydrogen-bond donors (Lipinski definition) is 0. The molecule has 0 aromatic heterocycles. The Bertz CT molecular complexity index is 754. The maximum absolute atomic E-state index is 11.5. The summed E-state index contributed by atoms with van der Waals surface area (Å²) in [6.07, 6.45) is 1.81. The second kappa shape index (κ2) is 5.76. The van der Waals surface area contributed by atoms with E-state index in [2.05, 4.69) is 15.9 Å². The van der Waals surface area contributed by atoms with Crippen molar-refractivity contribution >= 4 is 32.1 Å². The molecule has 20 heavy (non-hydrogen) atoms. The zero-order chi connectivity index (χ0) is 14.8. The molecule has 2 aromatic carbocycles. The number of sulfone groups is 1. The van der Waals surface area contributed by atoms with Crippen LogP contribution in [0.1, 0.15) is 10.4 Å². The number of ether oxygens (including phenoxy) is 1. The molecule has 2 rings (SSSR count). The predicted molar refractivity (Wildman–Crippen MR) is 79.2 cm³/mol. The van der Waals surface area contributed by atoms with Crippen molar-refractivity contribution in [3.63, 3.8) is 0 Å². The van der Waals surface area contributed by atoms with Gasteiger partial charge in [0, 0.05) is 10.7 Å². The van der Waals surface area contributed by atoms with E-state index in [0.717, 1.165) is 10.7 Å². The Morgan fingerprint density at radius 2 is 1.90 bits per heavy atom. The lowest BCUT2D eigenvalue weighted by atomic mass is 10.2. The zero-order valence-corrected chi connectivity index (χ0v) is 12.9. The quantitative estimate of drug-likeness (QED) is 0.788. The fourth-order valence-corrected chi connectivity index (χ4v) is 2.63. The van der Waals surface area contributed by atoms with Crippen LogP contribution < -0.4 is 4.74 Å². The summed E-state index contributed by atoms with van der Waals surface area (Å²) >= 11 is 3.27. The van der Waals surface area contributed by atoms with Crippen molar-refractivity contribution in [2.45, 2.75) is 4.90 Å². The summed E-state index contributed by atoms with van der Waals surface area (Å²) in [4.78, 5) is 11.2. The Hall–Kier alpha value is -1.66. The third-order valence-electron chi connectivity index (χ3n) is 2.56. The molecule has 0 heterocycles. The molecule has 0 fully saturated rings. The number of benzene rings is 2. The Kier molecular flexibility index (Phi) is 4.25. The van der Waals surface area contributed by atoms with Crippen LogP contribution in [0.25, 0.3) is 0 Å². The molecule has 0 bridgehead atoms. The number of carbonyl (C=O) groups is 1. The van der Waals surface area contributed by atoms with Crippen molar-refractivity contribution in [2.24, 2.45) is 0 Å². The monoisotopic (exact) mass is 354 g/mol. The van der Waals surface area contributed by atoms with Crippen molar-refractivity contribution in [3.05, 3.63) is 52.5 Å². The molecule has 4 nitrogen and oxygen atoms in total. The summed E-state index contributed by atoms with van der Waals surface area (Å²) in [5.41, 5.74) is 0.379. The number of halogens is 1. The molecule has 0 atom stereocenters. The van der Waals surface area contributed by atoms with Crippen LogP contribution >= 0.6 is 15.9 Å². The number of aldehydes is 1. The molecule has 6 heteroatoms. The second-order valence-corrected chi connectivity index (χ2v) is 7.08. The van der Waals surface area contributed by atoms with E-state index in [1.807, 2.05) is 0 Å². The van der Waals surface area contributed by atoms with Crippen molar-refractivity contribution in [2.75, 3.05) is 6.26 Å². The first-order chi connectivity index (χ1) is 9.40. The third kappa shape index (κ3) is 3.46. The van der Waals surface area contributed by atoms with Crippen molar-refractivity contribution < 1.29 is 17.9 Å². The van der Waals surface area contributed by atoms with Crippen LogP contribution in [0, 0.1) is 0 Å². The van der Waals surface area contributed by atoms with Crippen LogP contribution in [0.4, 0.5) is 0 Å². The minimum absolute atomic E-state index is 0.166. The molecule has 2 aromatic rings. The van der Waals surface area contributed by atoms with Gasteiger partial charge in [0.2, 0.25) is 0 Å². The average molecular weight is 355 g/mol. The van der Waals surface area contributed by atoms with E-state index in [1.165, 1.54) is 12.1 Å². The lowest BCUT2D eigenvalue weighted by molar-refractivity contribution is 0.112. The molecule has 0 saturated carbocycles. The van der Waals surface area contributed by atoms with Crippen molar-refractivity contribution in [1.82, 2.24) is 0 Å². The highest BCUT2D eigenvalue weighted by molar-refractivity contribution is 9.10. The second-order valence-electron chi connectivity index (χ2n) is 4.15. The summed E-state index contributed by atoms with van der Waals surface area (Å²) in [7, 11) is -3.30. The predicted octanol–water partition coefficient (Wildman–Crippen LogP) is 3.46. The fraction of sp³-hybridized carbons (Fsp3) is 0.0714. The van der Waals surface area contributed by atoms with Gasteiger partial charge in [-0.2, -0.15) is 0 Å². The van der Waals surface area contributed by atoms with E-state index < -0.39 is 9.84 Å². The van der Waals surface area contributed by atoms with E-state index in [-0.39, 0.29) is 4.90 Å². The average Bonchev–Trinajstić information content (AvgIpc) is 2.40. The molecule has 0 saturated heterocycles. The molecular formula is C14H11BrO4S. The van der Waals surface area contributed by atoms with E-state index in [4.69, 9.17) is 4.74 Å². The van der Waals surface area contributed by atoms with Gasteiger partial charge in [0.25, 0.3) is 0 Å². The summed E-state index contributed by atoms with van der Waals surface area (Å²) in [6.45, 7) is 0. The summed E-state index contributed by atoms with van der Waals surface area (Å²) in [6, 6.07) is 11.1. The summed E-state index contributed by atoms with van der Waals surface area (Å²) < 4.78 is 29.3. The maximum atomic E-state index is 11.5. The molecule has 0 amide bonds. The SMILES string of the molecule is CS(=O)(=O)c1cccc(Oc2ccc(Br)cc2C=O)c1. The van der Waals surface area contributed by atoms with Crippen LogP contribution in [-0.2, 0) is 9.84 Å². The van der Waals surface area contributed by atoms with Gasteiger partial charge in [-0.1, -0.05) is 22.0 Å². The van der Waals surface area contributed by atoms with Crippen molar-refractivity contribution in [1.29, 1.82) is 0 Å². The van der Waals surface area contributed by atoms with E-state index in [0.29, 0.717) is 23.3 Å². The van der Waals surface area contributed by atoms with Gasteiger partial charge in [0.05, 0.1) is 10.5 Å². The third-order valence-corrected chi connectivity index (χ3v) is 4.16. The molecule has 0 radical (unpaired) electrons. The number of carbonyl (C=O) groups excluding carboxylic acids is 1. The van der Waals surface area contributed by atoms with Gasteiger partial charge in [0.1, 0.15) is 11.5 Å². The first kappa shape index (κ1) is 14.7. The summed E-state index contributed by atoms with van der Waals surface area (Å²) in [5.74, 6) is 0.729. The Morgan fingerprint density at radius 1 is 1.15 bits per heavy atom. The molecule has 0 aliphatic heterocycles. The molecule has 0 N–H and O–H groups in total. The van der Waals surface area contributed by atoms with Gasteiger partial charge in [0.15, 0.2) is 16.1 Å². The molecule has 0 aliphatic carbocycles. The molecule has 0 aliphatic rings. The lowest BCUT2D eigenvalue weighted by Crippen LogP contribution is -1.97. The molecule has 0 unspecified atom stereocenters. The van der Waals surface area contributed by atoms with E-state index in [1.54, 1.807) is 30.3 Å². The van der Waals surface area contributed by atoms with Crippen LogP contribution in [0.15, 0.2) is 51.8 Å². The van der Waals surface area contributed by atoms with Crippen molar-refractivity contribution in [3.8, 4) is 11.5 Å². The fourth-order valence-electron chi connectivity index (χ4n) is 1.60. The van der Waals surface area contributed by atoms with E-state index >= 15 is 0 Å². The lowest BCUT2D eigenvalue weighted by Gasteiger charge is -2.09. The number of hydrogen-bond acceptors (Lipinski definition) is 4. The summed E-state index contributed by atoms with van der Waals surface area (Å²) in [5, 5.41) is 0. The van der Waals surface area contributed by atoms with E-state index in [9.17, 15) is 13.2 Å².